The van der Waals surface area contributed by atoms with E-state index in [0.717, 1.165) is 35.1 Å². The number of amides is 1. The van der Waals surface area contributed by atoms with Crippen LogP contribution in [0.2, 0.25) is 0 Å². The van der Waals surface area contributed by atoms with Crippen molar-refractivity contribution in [3.05, 3.63) is 45.4 Å². The van der Waals surface area contributed by atoms with Gasteiger partial charge in [-0.05, 0) is 37.6 Å². The first-order valence-corrected chi connectivity index (χ1v) is 6.89. The Morgan fingerprint density at radius 1 is 1.47 bits per heavy atom. The van der Waals surface area contributed by atoms with Crippen molar-refractivity contribution in [3.8, 4) is 0 Å². The summed E-state index contributed by atoms with van der Waals surface area (Å²) in [7, 11) is 0. The lowest BCUT2D eigenvalue weighted by Crippen LogP contribution is -2.30. The number of hydrogen-bond acceptors (Lipinski definition) is 2. The third-order valence-electron chi connectivity index (χ3n) is 3.15. The molecule has 5 heteroatoms. The van der Waals surface area contributed by atoms with Crippen molar-refractivity contribution in [1.29, 1.82) is 0 Å². The van der Waals surface area contributed by atoms with Crippen molar-refractivity contribution in [2.45, 2.75) is 13.3 Å². The summed E-state index contributed by atoms with van der Waals surface area (Å²) in [6.07, 6.45) is 3.16. The number of carbonyl (C=O) groups is 1. The summed E-state index contributed by atoms with van der Waals surface area (Å²) in [6, 6.07) is 5.68. The van der Waals surface area contributed by atoms with Gasteiger partial charge in [-0.3, -0.25) is 4.79 Å². The van der Waals surface area contributed by atoms with Gasteiger partial charge < -0.3 is 10.6 Å². The number of benzene rings is 1. The maximum Gasteiger partial charge on any atom is 0.251 e. The molecule has 0 atom stereocenters. The van der Waals surface area contributed by atoms with Crippen LogP contribution in [0.4, 0.5) is 0 Å². The largest absolute Gasteiger partial charge is 0.348 e. The van der Waals surface area contributed by atoms with Crippen molar-refractivity contribution < 1.29 is 4.79 Å². The predicted molar refractivity (Wildman–Crippen MR) is 84.0 cm³/mol. The molecule has 1 aromatic carbocycles. The van der Waals surface area contributed by atoms with Crippen LogP contribution >= 0.6 is 28.3 Å². The molecule has 1 amide bonds. The molecule has 0 spiro atoms. The van der Waals surface area contributed by atoms with Crippen molar-refractivity contribution in [3.63, 3.8) is 0 Å². The lowest BCUT2D eigenvalue weighted by atomic mass is 10.1. The molecule has 0 saturated heterocycles. The van der Waals surface area contributed by atoms with E-state index in [0.29, 0.717) is 6.54 Å². The molecule has 2 rings (SSSR count). The van der Waals surface area contributed by atoms with Crippen molar-refractivity contribution >= 4 is 34.2 Å². The van der Waals surface area contributed by atoms with Gasteiger partial charge in [0.2, 0.25) is 0 Å². The first kappa shape index (κ1) is 16.2. The Bertz CT molecular complexity index is 488. The van der Waals surface area contributed by atoms with E-state index in [1.54, 1.807) is 0 Å². The second-order valence-electron chi connectivity index (χ2n) is 4.41. The second-order valence-corrected chi connectivity index (χ2v) is 5.27. The predicted octanol–water partition coefficient (Wildman–Crippen LogP) is 2.83. The topological polar surface area (TPSA) is 41.1 Å². The van der Waals surface area contributed by atoms with Gasteiger partial charge in [-0.1, -0.05) is 33.6 Å². The van der Waals surface area contributed by atoms with Gasteiger partial charge in [-0.25, -0.2) is 0 Å². The highest BCUT2D eigenvalue weighted by Gasteiger charge is 2.11. The quantitative estimate of drug-likeness (QED) is 0.827. The van der Waals surface area contributed by atoms with Crippen LogP contribution in [0.3, 0.4) is 0 Å². The van der Waals surface area contributed by atoms with Gasteiger partial charge in [-0.2, -0.15) is 0 Å². The highest BCUT2D eigenvalue weighted by Crippen LogP contribution is 2.19. The zero-order valence-electron chi connectivity index (χ0n) is 10.8. The van der Waals surface area contributed by atoms with E-state index < -0.39 is 0 Å². The third kappa shape index (κ3) is 4.34. The number of halogens is 2. The van der Waals surface area contributed by atoms with Gasteiger partial charge in [0.05, 0.1) is 0 Å². The summed E-state index contributed by atoms with van der Waals surface area (Å²) in [6.45, 7) is 4.49. The Hall–Kier alpha value is -0.840. The maximum atomic E-state index is 12.1. The minimum atomic E-state index is -0.00627. The van der Waals surface area contributed by atoms with E-state index in [2.05, 4.69) is 32.6 Å². The van der Waals surface area contributed by atoms with E-state index >= 15 is 0 Å². The van der Waals surface area contributed by atoms with Gasteiger partial charge in [0, 0.05) is 23.1 Å². The van der Waals surface area contributed by atoms with Gasteiger partial charge in [-0.15, -0.1) is 12.4 Å². The SMILES string of the molecule is Cc1c(Br)cccc1C(=O)NCC1=CCNCC1.Cl. The average Bonchev–Trinajstić information content (AvgIpc) is 2.40. The van der Waals surface area contributed by atoms with Crippen LogP contribution < -0.4 is 10.6 Å². The van der Waals surface area contributed by atoms with E-state index in [1.165, 1.54) is 5.57 Å². The monoisotopic (exact) mass is 344 g/mol. The Morgan fingerprint density at radius 3 is 2.95 bits per heavy atom. The van der Waals surface area contributed by atoms with Crippen LogP contribution in [0.1, 0.15) is 22.3 Å². The maximum absolute atomic E-state index is 12.1. The molecule has 19 heavy (non-hydrogen) atoms. The fraction of sp³-hybridized carbons (Fsp3) is 0.357. The van der Waals surface area contributed by atoms with E-state index in [4.69, 9.17) is 0 Å². The molecule has 104 valence electrons. The van der Waals surface area contributed by atoms with Crippen LogP contribution in [-0.4, -0.2) is 25.5 Å². The smallest absolute Gasteiger partial charge is 0.251 e. The molecule has 3 nitrogen and oxygen atoms in total. The molecular weight excluding hydrogens is 328 g/mol. The molecule has 1 heterocycles. The molecular formula is C14H18BrClN2O. The minimum absolute atomic E-state index is 0. The summed E-state index contributed by atoms with van der Waals surface area (Å²) in [5.74, 6) is -0.00627. The first-order valence-electron chi connectivity index (χ1n) is 6.10. The Morgan fingerprint density at radius 2 is 2.26 bits per heavy atom. The standard InChI is InChI=1S/C14H17BrN2O.ClH/c1-10-12(3-2-4-13(10)15)14(18)17-9-11-5-7-16-8-6-11;/h2-5,16H,6-9H2,1H3,(H,17,18);1H. The van der Waals surface area contributed by atoms with Crippen molar-refractivity contribution in [2.75, 3.05) is 19.6 Å². The summed E-state index contributed by atoms with van der Waals surface area (Å²) >= 11 is 3.44. The Labute approximate surface area is 128 Å². The Balaban J connectivity index is 0.00000180. The lowest BCUT2D eigenvalue weighted by Gasteiger charge is -2.15. The number of carbonyl (C=O) groups excluding carboxylic acids is 1. The third-order valence-corrected chi connectivity index (χ3v) is 4.01. The molecule has 2 N–H and O–H groups in total. The zero-order valence-corrected chi connectivity index (χ0v) is 13.2. The highest BCUT2D eigenvalue weighted by atomic mass is 79.9. The number of hydrogen-bond donors (Lipinski definition) is 2. The summed E-state index contributed by atoms with van der Waals surface area (Å²) in [5, 5.41) is 6.24. The molecule has 1 aliphatic heterocycles. The molecule has 0 fully saturated rings. The molecule has 1 aliphatic rings. The molecule has 0 saturated carbocycles. The fourth-order valence-corrected chi connectivity index (χ4v) is 2.34. The van der Waals surface area contributed by atoms with Gasteiger partial charge in [0.1, 0.15) is 0 Å². The molecule has 0 unspecified atom stereocenters. The minimum Gasteiger partial charge on any atom is -0.348 e. The molecule has 0 bridgehead atoms. The van der Waals surface area contributed by atoms with Crippen LogP contribution in [0, 0.1) is 6.92 Å². The number of nitrogens with one attached hydrogen (secondary N) is 2. The van der Waals surface area contributed by atoms with E-state index in [9.17, 15) is 4.79 Å². The van der Waals surface area contributed by atoms with Crippen LogP contribution in [0.5, 0.6) is 0 Å². The van der Waals surface area contributed by atoms with E-state index in [-0.39, 0.29) is 18.3 Å². The van der Waals surface area contributed by atoms with Gasteiger partial charge >= 0.3 is 0 Å². The van der Waals surface area contributed by atoms with Gasteiger partial charge in [0.25, 0.3) is 5.91 Å². The first-order chi connectivity index (χ1) is 8.68. The van der Waals surface area contributed by atoms with Crippen LogP contribution in [0.25, 0.3) is 0 Å². The second kappa shape index (κ2) is 7.68. The van der Waals surface area contributed by atoms with Crippen LogP contribution in [-0.2, 0) is 0 Å². The normalized spacial score (nSPS) is 14.3. The van der Waals surface area contributed by atoms with E-state index in [1.807, 2.05) is 25.1 Å². The lowest BCUT2D eigenvalue weighted by molar-refractivity contribution is 0.0956. The zero-order chi connectivity index (χ0) is 13.0. The summed E-state index contributed by atoms with van der Waals surface area (Å²) in [5.41, 5.74) is 3.02. The molecule has 0 radical (unpaired) electrons. The molecule has 1 aromatic rings. The van der Waals surface area contributed by atoms with Crippen LogP contribution in [0.15, 0.2) is 34.3 Å². The summed E-state index contributed by atoms with van der Waals surface area (Å²) in [4.78, 5) is 12.1. The fourth-order valence-electron chi connectivity index (χ4n) is 1.97. The number of rotatable bonds is 3. The van der Waals surface area contributed by atoms with Crippen molar-refractivity contribution in [1.82, 2.24) is 10.6 Å². The Kier molecular flexibility index (Phi) is 6.55. The van der Waals surface area contributed by atoms with Crippen molar-refractivity contribution in [2.24, 2.45) is 0 Å². The highest BCUT2D eigenvalue weighted by molar-refractivity contribution is 9.10. The molecule has 0 aliphatic carbocycles. The molecule has 0 aromatic heterocycles. The summed E-state index contributed by atoms with van der Waals surface area (Å²) < 4.78 is 0.969. The van der Waals surface area contributed by atoms with Gasteiger partial charge in [0.15, 0.2) is 0 Å². The average molecular weight is 346 g/mol.